The van der Waals surface area contributed by atoms with Crippen molar-refractivity contribution in [2.75, 3.05) is 20.8 Å². The van der Waals surface area contributed by atoms with E-state index in [0.717, 1.165) is 11.1 Å². The van der Waals surface area contributed by atoms with Crippen molar-refractivity contribution < 1.29 is 28.6 Å². The van der Waals surface area contributed by atoms with Gasteiger partial charge in [-0.3, -0.25) is 9.69 Å². The number of likely N-dealkylation sites (tertiary alicyclic amines) is 1. The third-order valence-corrected chi connectivity index (χ3v) is 5.24. The lowest BCUT2D eigenvalue weighted by molar-refractivity contribution is -0.145. The van der Waals surface area contributed by atoms with Gasteiger partial charge < -0.3 is 19.5 Å². The maximum Gasteiger partial charge on any atom is 0.410 e. The highest BCUT2D eigenvalue weighted by atomic mass is 16.6. The predicted molar refractivity (Wildman–Crippen MR) is 115 cm³/mol. The smallest absolute Gasteiger partial charge is 0.410 e. The van der Waals surface area contributed by atoms with Crippen molar-refractivity contribution >= 4 is 18.0 Å². The Kier molecular flexibility index (Phi) is 8.02. The van der Waals surface area contributed by atoms with Crippen LogP contribution in [0.4, 0.5) is 4.79 Å². The van der Waals surface area contributed by atoms with E-state index in [1.165, 1.54) is 19.1 Å². The van der Waals surface area contributed by atoms with Crippen LogP contribution in [0.3, 0.4) is 0 Å². The van der Waals surface area contributed by atoms with Crippen molar-refractivity contribution in [3.05, 3.63) is 59.8 Å². The minimum absolute atomic E-state index is 0.125. The molecule has 9 nitrogen and oxygen atoms in total. The Morgan fingerprint density at radius 3 is 2.56 bits per heavy atom. The molecule has 1 fully saturated rings. The van der Waals surface area contributed by atoms with Crippen LogP contribution in [0.25, 0.3) is 0 Å². The number of methoxy groups -OCH3 is 2. The molecule has 0 spiro atoms. The molecule has 0 saturated carbocycles. The number of hydrogen-bond acceptors (Lipinski definition) is 7. The van der Waals surface area contributed by atoms with Gasteiger partial charge in [-0.2, -0.15) is 0 Å². The SMILES string of the molecule is COC(=O)[C@H](Cc1ccc(OC)nc1)NC(=O)[C@H]1CCCN1C(=O)OCc1ccccc1. The molecule has 9 heteroatoms. The van der Waals surface area contributed by atoms with Gasteiger partial charge in [0.05, 0.1) is 14.2 Å². The Labute approximate surface area is 186 Å². The molecule has 1 N–H and O–H groups in total. The molecule has 2 heterocycles. The summed E-state index contributed by atoms with van der Waals surface area (Å²) in [6.45, 7) is 0.538. The molecular weight excluding hydrogens is 414 g/mol. The summed E-state index contributed by atoms with van der Waals surface area (Å²) in [6, 6.07) is 11.1. The standard InChI is InChI=1S/C23H27N3O6/c1-30-20-11-10-17(14-24-20)13-18(22(28)31-2)25-21(27)19-9-6-12-26(19)23(29)32-15-16-7-4-3-5-8-16/h3-5,7-8,10-11,14,18-19H,6,9,12-13,15H2,1-2H3,(H,25,27)/t18-,19+/m0/s1. The van der Waals surface area contributed by atoms with Crippen LogP contribution in [0.1, 0.15) is 24.0 Å². The first kappa shape index (κ1) is 23.1. The molecule has 0 bridgehead atoms. The number of amides is 2. The highest BCUT2D eigenvalue weighted by Crippen LogP contribution is 2.20. The second kappa shape index (κ2) is 11.1. The maximum absolute atomic E-state index is 13.0. The summed E-state index contributed by atoms with van der Waals surface area (Å²) in [6.07, 6.45) is 2.37. The molecule has 0 radical (unpaired) electrons. The van der Waals surface area contributed by atoms with Gasteiger partial charge in [-0.05, 0) is 24.0 Å². The number of pyridine rings is 1. The van der Waals surface area contributed by atoms with Crippen LogP contribution in [-0.4, -0.2) is 60.7 Å². The summed E-state index contributed by atoms with van der Waals surface area (Å²) in [5.74, 6) is -0.551. The second-order valence-electron chi connectivity index (χ2n) is 7.39. The van der Waals surface area contributed by atoms with Crippen molar-refractivity contribution in [1.29, 1.82) is 0 Å². The molecule has 0 aliphatic carbocycles. The van der Waals surface area contributed by atoms with E-state index >= 15 is 0 Å². The summed E-state index contributed by atoms with van der Waals surface area (Å²) in [5.41, 5.74) is 1.59. The Bertz CT molecular complexity index is 919. The number of esters is 1. The lowest BCUT2D eigenvalue weighted by atomic mass is 10.1. The Morgan fingerprint density at radius 1 is 1.12 bits per heavy atom. The molecule has 1 aromatic heterocycles. The van der Waals surface area contributed by atoms with Gasteiger partial charge in [0, 0.05) is 25.2 Å². The number of ether oxygens (including phenoxy) is 3. The van der Waals surface area contributed by atoms with Gasteiger partial charge >= 0.3 is 12.1 Å². The van der Waals surface area contributed by atoms with Gasteiger partial charge in [0.25, 0.3) is 0 Å². The highest BCUT2D eigenvalue weighted by Gasteiger charge is 2.37. The summed E-state index contributed by atoms with van der Waals surface area (Å²) in [5, 5.41) is 2.72. The summed E-state index contributed by atoms with van der Waals surface area (Å²) < 4.78 is 15.3. The van der Waals surface area contributed by atoms with Crippen LogP contribution >= 0.6 is 0 Å². The molecule has 2 amide bonds. The monoisotopic (exact) mass is 441 g/mol. The van der Waals surface area contributed by atoms with Gasteiger partial charge in [-0.15, -0.1) is 0 Å². The van der Waals surface area contributed by atoms with E-state index in [2.05, 4.69) is 10.3 Å². The Hall–Kier alpha value is -3.62. The van der Waals surface area contributed by atoms with E-state index < -0.39 is 30.1 Å². The molecule has 1 aliphatic rings. The van der Waals surface area contributed by atoms with Crippen LogP contribution in [0, 0.1) is 0 Å². The van der Waals surface area contributed by atoms with Crippen LogP contribution in [0.2, 0.25) is 0 Å². The third-order valence-electron chi connectivity index (χ3n) is 5.24. The molecule has 0 unspecified atom stereocenters. The zero-order valence-electron chi connectivity index (χ0n) is 18.2. The number of rotatable bonds is 8. The third kappa shape index (κ3) is 5.96. The average molecular weight is 441 g/mol. The Morgan fingerprint density at radius 2 is 1.91 bits per heavy atom. The number of nitrogens with one attached hydrogen (secondary N) is 1. The fraction of sp³-hybridized carbons (Fsp3) is 0.391. The van der Waals surface area contributed by atoms with E-state index in [-0.39, 0.29) is 13.0 Å². The van der Waals surface area contributed by atoms with Gasteiger partial charge in [-0.25, -0.2) is 14.6 Å². The van der Waals surface area contributed by atoms with E-state index in [1.807, 2.05) is 30.3 Å². The molecule has 2 aromatic rings. The molecule has 1 aliphatic heterocycles. The predicted octanol–water partition coefficient (Wildman–Crippen LogP) is 2.09. The van der Waals surface area contributed by atoms with Crippen LogP contribution in [-0.2, 0) is 32.1 Å². The van der Waals surface area contributed by atoms with Crippen molar-refractivity contribution in [2.45, 2.75) is 38.0 Å². The zero-order chi connectivity index (χ0) is 22.9. The number of carbonyl (C=O) groups excluding carboxylic acids is 3. The first-order valence-corrected chi connectivity index (χ1v) is 10.4. The van der Waals surface area contributed by atoms with E-state index in [0.29, 0.717) is 25.3 Å². The van der Waals surface area contributed by atoms with E-state index in [4.69, 9.17) is 14.2 Å². The van der Waals surface area contributed by atoms with Crippen molar-refractivity contribution in [3.8, 4) is 5.88 Å². The minimum Gasteiger partial charge on any atom is -0.481 e. The molecule has 3 rings (SSSR count). The van der Waals surface area contributed by atoms with Crippen LogP contribution in [0.15, 0.2) is 48.7 Å². The molecule has 1 aromatic carbocycles. The van der Waals surface area contributed by atoms with Crippen molar-refractivity contribution in [2.24, 2.45) is 0 Å². The largest absolute Gasteiger partial charge is 0.481 e. The van der Waals surface area contributed by atoms with Gasteiger partial charge in [-0.1, -0.05) is 36.4 Å². The second-order valence-corrected chi connectivity index (χ2v) is 7.39. The lowest BCUT2D eigenvalue weighted by Gasteiger charge is -2.25. The molecule has 2 atom stereocenters. The number of nitrogens with zero attached hydrogens (tertiary/aromatic N) is 2. The fourth-order valence-corrected chi connectivity index (χ4v) is 3.55. The highest BCUT2D eigenvalue weighted by molar-refractivity contribution is 5.90. The normalized spacial score (nSPS) is 16.2. The number of benzene rings is 1. The average Bonchev–Trinajstić information content (AvgIpc) is 3.33. The summed E-state index contributed by atoms with van der Waals surface area (Å²) >= 11 is 0. The van der Waals surface area contributed by atoms with Gasteiger partial charge in [0.1, 0.15) is 18.7 Å². The van der Waals surface area contributed by atoms with Crippen LogP contribution < -0.4 is 10.1 Å². The summed E-state index contributed by atoms with van der Waals surface area (Å²) in [7, 11) is 2.77. The molecular formula is C23H27N3O6. The van der Waals surface area contributed by atoms with Gasteiger partial charge in [0.2, 0.25) is 11.8 Å². The zero-order valence-corrected chi connectivity index (χ0v) is 18.2. The molecule has 1 saturated heterocycles. The maximum atomic E-state index is 13.0. The van der Waals surface area contributed by atoms with Crippen molar-refractivity contribution in [3.63, 3.8) is 0 Å². The quantitative estimate of drug-likeness (QED) is 0.625. The van der Waals surface area contributed by atoms with E-state index in [1.54, 1.807) is 18.3 Å². The van der Waals surface area contributed by atoms with E-state index in [9.17, 15) is 14.4 Å². The first-order chi connectivity index (χ1) is 15.5. The number of hydrogen-bond donors (Lipinski definition) is 1. The fourth-order valence-electron chi connectivity index (χ4n) is 3.55. The summed E-state index contributed by atoms with van der Waals surface area (Å²) in [4.78, 5) is 43.3. The topological polar surface area (TPSA) is 107 Å². The van der Waals surface area contributed by atoms with Crippen LogP contribution in [0.5, 0.6) is 5.88 Å². The minimum atomic E-state index is -0.912. The van der Waals surface area contributed by atoms with Crippen molar-refractivity contribution in [1.82, 2.24) is 15.2 Å². The number of aromatic nitrogens is 1. The first-order valence-electron chi connectivity index (χ1n) is 10.4. The molecule has 32 heavy (non-hydrogen) atoms. The van der Waals surface area contributed by atoms with Gasteiger partial charge in [0.15, 0.2) is 0 Å². The number of carbonyl (C=O) groups is 3. The Balaban J connectivity index is 1.62. The lowest BCUT2D eigenvalue weighted by Crippen LogP contribution is -2.51. The molecule has 170 valence electrons.